The van der Waals surface area contributed by atoms with Gasteiger partial charge in [0, 0.05) is 19.4 Å². The highest BCUT2D eigenvalue weighted by Gasteiger charge is 2.08. The lowest BCUT2D eigenvalue weighted by molar-refractivity contribution is -0.137. The minimum atomic E-state index is -0.816. The molecule has 0 unspecified atom stereocenters. The smallest absolute Gasteiger partial charge is 0.303 e. The second kappa shape index (κ2) is 7.04. The lowest BCUT2D eigenvalue weighted by Gasteiger charge is -2.12. The third kappa shape index (κ3) is 5.53. The topological polar surface area (TPSA) is 66.4 Å². The van der Waals surface area contributed by atoms with E-state index in [4.69, 9.17) is 5.11 Å². The van der Waals surface area contributed by atoms with Gasteiger partial charge < -0.3 is 10.4 Å². The molecule has 0 fully saturated rings. The Morgan fingerprint density at radius 2 is 2.19 bits per heavy atom. The Balaban J connectivity index is 2.10. The van der Waals surface area contributed by atoms with Crippen LogP contribution in [0.5, 0.6) is 0 Å². The number of hydrogen-bond acceptors (Lipinski definition) is 2. The zero-order valence-electron chi connectivity index (χ0n) is 9.50. The molecule has 0 aromatic carbocycles. The van der Waals surface area contributed by atoms with Gasteiger partial charge in [0.25, 0.3) is 0 Å². The lowest BCUT2D eigenvalue weighted by Crippen LogP contribution is -2.25. The highest BCUT2D eigenvalue weighted by Crippen LogP contribution is 2.19. The van der Waals surface area contributed by atoms with Crippen molar-refractivity contribution in [3.05, 3.63) is 11.6 Å². The van der Waals surface area contributed by atoms with Gasteiger partial charge in [-0.15, -0.1) is 0 Å². The first-order valence-corrected chi connectivity index (χ1v) is 5.85. The molecule has 4 nitrogen and oxygen atoms in total. The van der Waals surface area contributed by atoms with E-state index in [-0.39, 0.29) is 12.3 Å². The molecule has 1 amide bonds. The standard InChI is InChI=1S/C12H19NO3/c14-11(13-8-4-7-12(15)16)9-10-5-2-1-3-6-10/h5H,1-4,6-9H2,(H,13,14)(H,15,16). The van der Waals surface area contributed by atoms with Crippen LogP contribution in [0.1, 0.15) is 44.9 Å². The molecule has 0 aliphatic heterocycles. The molecule has 1 rings (SSSR count). The number of rotatable bonds is 6. The van der Waals surface area contributed by atoms with E-state index in [2.05, 4.69) is 11.4 Å². The average molecular weight is 225 g/mol. The van der Waals surface area contributed by atoms with Gasteiger partial charge in [0.2, 0.25) is 5.91 Å². The van der Waals surface area contributed by atoms with E-state index in [1.165, 1.54) is 18.4 Å². The number of carbonyl (C=O) groups excluding carboxylic acids is 1. The first-order valence-electron chi connectivity index (χ1n) is 5.85. The lowest BCUT2D eigenvalue weighted by atomic mass is 9.97. The van der Waals surface area contributed by atoms with Gasteiger partial charge in [-0.25, -0.2) is 0 Å². The fourth-order valence-corrected chi connectivity index (χ4v) is 1.80. The maximum Gasteiger partial charge on any atom is 0.303 e. The van der Waals surface area contributed by atoms with Crippen LogP contribution in [-0.2, 0) is 9.59 Å². The van der Waals surface area contributed by atoms with Gasteiger partial charge in [0.1, 0.15) is 0 Å². The quantitative estimate of drug-likeness (QED) is 0.535. The van der Waals surface area contributed by atoms with Crippen LogP contribution in [0.15, 0.2) is 11.6 Å². The number of nitrogens with one attached hydrogen (secondary N) is 1. The van der Waals surface area contributed by atoms with E-state index >= 15 is 0 Å². The van der Waals surface area contributed by atoms with Crippen molar-refractivity contribution in [3.63, 3.8) is 0 Å². The number of hydrogen-bond donors (Lipinski definition) is 2. The predicted octanol–water partition coefficient (Wildman–Crippen LogP) is 1.86. The van der Waals surface area contributed by atoms with Gasteiger partial charge in [0.15, 0.2) is 0 Å². The summed E-state index contributed by atoms with van der Waals surface area (Å²) >= 11 is 0. The zero-order valence-corrected chi connectivity index (χ0v) is 9.50. The van der Waals surface area contributed by atoms with E-state index < -0.39 is 5.97 Å². The summed E-state index contributed by atoms with van der Waals surface area (Å²) in [5.41, 5.74) is 1.22. The first-order chi connectivity index (χ1) is 7.68. The molecule has 0 aromatic heterocycles. The maximum absolute atomic E-state index is 11.5. The van der Waals surface area contributed by atoms with Gasteiger partial charge >= 0.3 is 5.97 Å². The Morgan fingerprint density at radius 3 is 2.81 bits per heavy atom. The highest BCUT2D eigenvalue weighted by atomic mass is 16.4. The van der Waals surface area contributed by atoms with Crippen molar-refractivity contribution in [1.29, 1.82) is 0 Å². The summed E-state index contributed by atoms with van der Waals surface area (Å²) in [6.07, 6.45) is 7.77. The summed E-state index contributed by atoms with van der Waals surface area (Å²) in [4.78, 5) is 21.7. The zero-order chi connectivity index (χ0) is 11.8. The van der Waals surface area contributed by atoms with Gasteiger partial charge in [-0.1, -0.05) is 11.6 Å². The van der Waals surface area contributed by atoms with Crippen molar-refractivity contribution in [2.24, 2.45) is 0 Å². The Hall–Kier alpha value is -1.32. The van der Waals surface area contributed by atoms with E-state index in [1.54, 1.807) is 0 Å². The molecule has 0 bridgehead atoms. The maximum atomic E-state index is 11.5. The minimum absolute atomic E-state index is 0.0125. The summed E-state index contributed by atoms with van der Waals surface area (Å²) in [7, 11) is 0. The molecule has 1 aliphatic rings. The van der Waals surface area contributed by atoms with Crippen LogP contribution in [0.2, 0.25) is 0 Å². The summed E-state index contributed by atoms with van der Waals surface area (Å²) in [5, 5.41) is 11.2. The van der Waals surface area contributed by atoms with Gasteiger partial charge in [-0.3, -0.25) is 9.59 Å². The average Bonchev–Trinajstić information content (AvgIpc) is 2.25. The third-order valence-corrected chi connectivity index (χ3v) is 2.66. The van der Waals surface area contributed by atoms with Crippen LogP contribution in [0, 0.1) is 0 Å². The van der Waals surface area contributed by atoms with Crippen LogP contribution in [0.25, 0.3) is 0 Å². The molecule has 0 aromatic rings. The minimum Gasteiger partial charge on any atom is -0.481 e. The summed E-state index contributed by atoms with van der Waals surface area (Å²) in [6, 6.07) is 0. The summed E-state index contributed by atoms with van der Waals surface area (Å²) < 4.78 is 0. The number of amides is 1. The largest absolute Gasteiger partial charge is 0.481 e. The normalized spacial score (nSPS) is 15.4. The Kier molecular flexibility index (Phi) is 5.61. The molecule has 1 aliphatic carbocycles. The van der Waals surface area contributed by atoms with Crippen molar-refractivity contribution in [3.8, 4) is 0 Å². The molecule has 0 atom stereocenters. The van der Waals surface area contributed by atoms with Crippen LogP contribution in [-0.4, -0.2) is 23.5 Å². The second-order valence-electron chi connectivity index (χ2n) is 4.13. The van der Waals surface area contributed by atoms with Gasteiger partial charge in [-0.2, -0.15) is 0 Å². The Morgan fingerprint density at radius 1 is 1.38 bits per heavy atom. The van der Waals surface area contributed by atoms with Crippen molar-refractivity contribution in [1.82, 2.24) is 5.32 Å². The van der Waals surface area contributed by atoms with Crippen LogP contribution >= 0.6 is 0 Å². The Bertz CT molecular complexity index is 284. The molecule has 2 N–H and O–H groups in total. The Labute approximate surface area is 95.7 Å². The third-order valence-electron chi connectivity index (χ3n) is 2.66. The number of aliphatic carboxylic acids is 1. The fraction of sp³-hybridized carbons (Fsp3) is 0.667. The molecular formula is C12H19NO3. The van der Waals surface area contributed by atoms with E-state index in [0.717, 1.165) is 12.8 Å². The molecule has 0 spiro atoms. The van der Waals surface area contributed by atoms with Crippen molar-refractivity contribution in [2.45, 2.75) is 44.9 Å². The SMILES string of the molecule is O=C(O)CCCNC(=O)CC1=CCCCC1. The molecule has 0 saturated heterocycles. The predicted molar refractivity (Wildman–Crippen MR) is 61.0 cm³/mol. The molecule has 16 heavy (non-hydrogen) atoms. The van der Waals surface area contributed by atoms with Crippen LogP contribution < -0.4 is 5.32 Å². The molecule has 4 heteroatoms. The van der Waals surface area contributed by atoms with Gasteiger partial charge in [0.05, 0.1) is 0 Å². The number of carboxylic acid groups (broad SMARTS) is 1. The molecule has 0 radical (unpaired) electrons. The summed E-state index contributed by atoms with van der Waals surface area (Å²) in [6.45, 7) is 0.457. The molecule has 0 heterocycles. The molecule has 0 saturated carbocycles. The second-order valence-corrected chi connectivity index (χ2v) is 4.13. The fourth-order valence-electron chi connectivity index (χ4n) is 1.80. The molecular weight excluding hydrogens is 206 g/mol. The molecule has 90 valence electrons. The highest BCUT2D eigenvalue weighted by molar-refractivity contribution is 5.78. The van der Waals surface area contributed by atoms with Crippen LogP contribution in [0.3, 0.4) is 0 Å². The van der Waals surface area contributed by atoms with E-state index in [9.17, 15) is 9.59 Å². The van der Waals surface area contributed by atoms with Crippen molar-refractivity contribution in [2.75, 3.05) is 6.54 Å². The van der Waals surface area contributed by atoms with Crippen LogP contribution in [0.4, 0.5) is 0 Å². The first kappa shape index (κ1) is 12.7. The van der Waals surface area contributed by atoms with E-state index in [1.807, 2.05) is 0 Å². The van der Waals surface area contributed by atoms with Crippen molar-refractivity contribution < 1.29 is 14.7 Å². The number of carbonyl (C=O) groups is 2. The number of carboxylic acids is 1. The van der Waals surface area contributed by atoms with Gasteiger partial charge in [-0.05, 0) is 32.1 Å². The number of allylic oxidation sites excluding steroid dienone is 1. The van der Waals surface area contributed by atoms with Crippen molar-refractivity contribution >= 4 is 11.9 Å². The van der Waals surface area contributed by atoms with E-state index in [0.29, 0.717) is 19.4 Å². The summed E-state index contributed by atoms with van der Waals surface area (Å²) in [5.74, 6) is -0.803. The monoisotopic (exact) mass is 225 g/mol.